The highest BCUT2D eigenvalue weighted by atomic mass is 16.2. The molecule has 1 N–H and O–H groups in total. The molecule has 1 fully saturated rings. The molecule has 2 heterocycles. The van der Waals surface area contributed by atoms with Crippen molar-refractivity contribution in [2.75, 3.05) is 0 Å². The minimum Gasteiger partial charge on any atom is -0.296 e. The van der Waals surface area contributed by atoms with Crippen LogP contribution in [0.3, 0.4) is 0 Å². The Hall–Kier alpha value is -2.17. The number of carbonyl (C=O) groups is 2. The first kappa shape index (κ1) is 11.9. The zero-order chi connectivity index (χ0) is 13.6. The summed E-state index contributed by atoms with van der Waals surface area (Å²) >= 11 is 0. The van der Waals surface area contributed by atoms with Gasteiger partial charge in [-0.3, -0.25) is 19.6 Å². The summed E-state index contributed by atoms with van der Waals surface area (Å²) in [4.78, 5) is 23.2. The summed E-state index contributed by atoms with van der Waals surface area (Å²) in [5, 5.41) is 7.85. The third-order valence-corrected chi connectivity index (χ3v) is 3.60. The van der Waals surface area contributed by atoms with Crippen molar-refractivity contribution in [2.24, 2.45) is 7.05 Å². The molecule has 1 saturated heterocycles. The molecule has 3 rings (SSSR count). The van der Waals surface area contributed by atoms with Crippen LogP contribution in [0.5, 0.6) is 0 Å². The molecule has 19 heavy (non-hydrogen) atoms. The van der Waals surface area contributed by atoms with Gasteiger partial charge >= 0.3 is 0 Å². The largest absolute Gasteiger partial charge is 0.296 e. The minimum atomic E-state index is -0.330. The van der Waals surface area contributed by atoms with E-state index in [0.717, 1.165) is 22.2 Å². The van der Waals surface area contributed by atoms with Crippen LogP contribution < -0.4 is 5.32 Å². The van der Waals surface area contributed by atoms with Crippen LogP contribution in [0, 0.1) is 6.92 Å². The molecule has 0 saturated carbocycles. The van der Waals surface area contributed by atoms with Gasteiger partial charge in [0.15, 0.2) is 0 Å². The second-order valence-electron chi connectivity index (χ2n) is 5.03. The molecule has 2 aromatic rings. The molecular formula is C14H15N3O2. The average Bonchev–Trinajstić information content (AvgIpc) is 2.66. The molecule has 5 heteroatoms. The Balaban J connectivity index is 2.10. The normalized spacial score (nSPS) is 19.8. The van der Waals surface area contributed by atoms with Gasteiger partial charge in [0, 0.05) is 18.9 Å². The van der Waals surface area contributed by atoms with Crippen molar-refractivity contribution < 1.29 is 9.59 Å². The van der Waals surface area contributed by atoms with E-state index >= 15 is 0 Å². The molecule has 1 aliphatic heterocycles. The molecular weight excluding hydrogens is 242 g/mol. The Morgan fingerprint density at radius 2 is 2.16 bits per heavy atom. The van der Waals surface area contributed by atoms with E-state index in [1.54, 1.807) is 4.68 Å². The number of piperidine rings is 1. The van der Waals surface area contributed by atoms with Gasteiger partial charge < -0.3 is 0 Å². The van der Waals surface area contributed by atoms with Crippen LogP contribution in [0.2, 0.25) is 0 Å². The number of imide groups is 1. The molecule has 1 atom stereocenters. The number of nitrogens with zero attached hydrogens (tertiary/aromatic N) is 2. The SMILES string of the molecule is Cc1ccc2c([C@H]3CCC(=O)NC3=O)nn(C)c2c1. The fourth-order valence-electron chi connectivity index (χ4n) is 2.61. The fourth-order valence-corrected chi connectivity index (χ4v) is 2.61. The van der Waals surface area contributed by atoms with Crippen molar-refractivity contribution in [1.82, 2.24) is 15.1 Å². The molecule has 2 amide bonds. The van der Waals surface area contributed by atoms with E-state index in [9.17, 15) is 9.59 Å². The van der Waals surface area contributed by atoms with E-state index in [1.165, 1.54) is 0 Å². The summed E-state index contributed by atoms with van der Waals surface area (Å²) in [6, 6.07) is 6.06. The summed E-state index contributed by atoms with van der Waals surface area (Å²) in [6.07, 6.45) is 0.908. The molecule has 5 nitrogen and oxygen atoms in total. The molecule has 0 unspecified atom stereocenters. The Kier molecular flexibility index (Phi) is 2.62. The predicted molar refractivity (Wildman–Crippen MR) is 70.6 cm³/mol. The summed E-state index contributed by atoms with van der Waals surface area (Å²) in [6.45, 7) is 2.03. The van der Waals surface area contributed by atoms with Crippen LogP contribution in [0.15, 0.2) is 18.2 Å². The highest BCUT2D eigenvalue weighted by Crippen LogP contribution is 2.30. The van der Waals surface area contributed by atoms with E-state index in [1.807, 2.05) is 26.1 Å². The van der Waals surface area contributed by atoms with Gasteiger partial charge in [0.2, 0.25) is 11.8 Å². The smallest absolute Gasteiger partial charge is 0.235 e. The maximum Gasteiger partial charge on any atom is 0.235 e. The van der Waals surface area contributed by atoms with Gasteiger partial charge in [0.05, 0.1) is 17.1 Å². The maximum atomic E-state index is 11.9. The van der Waals surface area contributed by atoms with Crippen molar-refractivity contribution in [3.05, 3.63) is 29.5 Å². The van der Waals surface area contributed by atoms with Gasteiger partial charge in [-0.05, 0) is 25.0 Å². The lowest BCUT2D eigenvalue weighted by atomic mass is 9.92. The monoisotopic (exact) mass is 257 g/mol. The van der Waals surface area contributed by atoms with E-state index in [2.05, 4.69) is 16.5 Å². The second kappa shape index (κ2) is 4.19. The first-order chi connectivity index (χ1) is 9.06. The molecule has 1 aromatic heterocycles. The second-order valence-corrected chi connectivity index (χ2v) is 5.03. The fraction of sp³-hybridized carbons (Fsp3) is 0.357. The summed E-state index contributed by atoms with van der Waals surface area (Å²) in [5.74, 6) is -0.765. The number of aromatic nitrogens is 2. The van der Waals surface area contributed by atoms with Crippen LogP contribution in [0.1, 0.15) is 30.0 Å². The molecule has 1 aromatic carbocycles. The number of rotatable bonds is 1. The molecule has 98 valence electrons. The summed E-state index contributed by atoms with van der Waals surface area (Å²) in [5.41, 5.74) is 2.94. The zero-order valence-corrected chi connectivity index (χ0v) is 10.9. The topological polar surface area (TPSA) is 64.0 Å². The summed E-state index contributed by atoms with van der Waals surface area (Å²) in [7, 11) is 1.87. The van der Waals surface area contributed by atoms with Crippen LogP contribution in [0.25, 0.3) is 10.9 Å². The number of amides is 2. The molecule has 0 aliphatic carbocycles. The number of hydrogen-bond acceptors (Lipinski definition) is 3. The van der Waals surface area contributed by atoms with Gasteiger partial charge in [-0.25, -0.2) is 0 Å². The third-order valence-electron chi connectivity index (χ3n) is 3.60. The van der Waals surface area contributed by atoms with Gasteiger partial charge in [-0.15, -0.1) is 0 Å². The highest BCUT2D eigenvalue weighted by molar-refractivity contribution is 6.02. The molecule has 1 aliphatic rings. The maximum absolute atomic E-state index is 11.9. The number of benzene rings is 1. The van der Waals surface area contributed by atoms with Crippen LogP contribution in [0.4, 0.5) is 0 Å². The molecule has 0 spiro atoms. The predicted octanol–water partition coefficient (Wildman–Crippen LogP) is 1.40. The van der Waals surface area contributed by atoms with Gasteiger partial charge in [-0.1, -0.05) is 12.1 Å². The lowest BCUT2D eigenvalue weighted by Gasteiger charge is -2.19. The zero-order valence-electron chi connectivity index (χ0n) is 10.9. The Morgan fingerprint density at radius 3 is 2.89 bits per heavy atom. The molecule has 0 radical (unpaired) electrons. The third kappa shape index (κ3) is 1.91. The van der Waals surface area contributed by atoms with E-state index < -0.39 is 0 Å². The van der Waals surface area contributed by atoms with Crippen molar-refractivity contribution in [1.29, 1.82) is 0 Å². The van der Waals surface area contributed by atoms with Crippen molar-refractivity contribution in [3.8, 4) is 0 Å². The standard InChI is InChI=1S/C14H15N3O2/c1-8-3-4-9-11(7-8)17(2)16-13(9)10-5-6-12(18)15-14(10)19/h3-4,7,10H,5-6H2,1-2H3,(H,15,18,19)/t10-/m1/s1. The average molecular weight is 257 g/mol. The number of carbonyl (C=O) groups excluding carboxylic acids is 2. The van der Waals surface area contributed by atoms with E-state index in [-0.39, 0.29) is 17.7 Å². The minimum absolute atomic E-state index is 0.197. The first-order valence-electron chi connectivity index (χ1n) is 6.33. The number of nitrogens with one attached hydrogen (secondary N) is 1. The van der Waals surface area contributed by atoms with E-state index in [0.29, 0.717) is 12.8 Å². The highest BCUT2D eigenvalue weighted by Gasteiger charge is 2.31. The Morgan fingerprint density at radius 1 is 1.37 bits per heavy atom. The van der Waals surface area contributed by atoms with Crippen molar-refractivity contribution in [2.45, 2.75) is 25.7 Å². The Bertz CT molecular complexity index is 687. The Labute approximate surface area is 110 Å². The van der Waals surface area contributed by atoms with Gasteiger partial charge in [-0.2, -0.15) is 5.10 Å². The van der Waals surface area contributed by atoms with Crippen LogP contribution in [-0.4, -0.2) is 21.6 Å². The first-order valence-corrected chi connectivity index (χ1v) is 6.33. The van der Waals surface area contributed by atoms with Crippen molar-refractivity contribution in [3.63, 3.8) is 0 Å². The number of fused-ring (bicyclic) bond motifs is 1. The van der Waals surface area contributed by atoms with Crippen molar-refractivity contribution >= 4 is 22.7 Å². The number of hydrogen-bond donors (Lipinski definition) is 1. The van der Waals surface area contributed by atoms with Gasteiger partial charge in [0.1, 0.15) is 0 Å². The lowest BCUT2D eigenvalue weighted by Crippen LogP contribution is -2.39. The molecule has 0 bridgehead atoms. The van der Waals surface area contributed by atoms with E-state index in [4.69, 9.17) is 0 Å². The lowest BCUT2D eigenvalue weighted by molar-refractivity contribution is -0.134. The number of aryl methyl sites for hydroxylation is 2. The quantitative estimate of drug-likeness (QED) is 0.785. The van der Waals surface area contributed by atoms with Crippen LogP contribution in [-0.2, 0) is 16.6 Å². The van der Waals surface area contributed by atoms with Gasteiger partial charge in [0.25, 0.3) is 0 Å². The van der Waals surface area contributed by atoms with Crippen LogP contribution >= 0.6 is 0 Å². The summed E-state index contributed by atoms with van der Waals surface area (Å²) < 4.78 is 1.79.